The molecule has 0 aromatic rings. The predicted octanol–water partition coefficient (Wildman–Crippen LogP) is 7.87. The minimum atomic E-state index is -2.35. The van der Waals surface area contributed by atoms with Crippen molar-refractivity contribution in [3.8, 4) is 0 Å². The van der Waals surface area contributed by atoms with Crippen molar-refractivity contribution < 1.29 is 49.8 Å². The third kappa shape index (κ3) is 29.4. The number of hydrogen-bond donors (Lipinski definition) is 8. The van der Waals surface area contributed by atoms with Gasteiger partial charge in [0.25, 0.3) is 0 Å². The van der Waals surface area contributed by atoms with Crippen molar-refractivity contribution in [1.29, 1.82) is 0 Å². The third-order valence-corrected chi connectivity index (χ3v) is 13.5. The Hall–Kier alpha value is -3.44. The van der Waals surface area contributed by atoms with Crippen molar-refractivity contribution in [2.24, 2.45) is 11.8 Å². The first-order chi connectivity index (χ1) is 35.1. The van der Waals surface area contributed by atoms with Gasteiger partial charge in [-0.3, -0.25) is 24.1 Å². The molecule has 0 aromatic carbocycles. The van der Waals surface area contributed by atoms with E-state index in [9.17, 15) is 49.8 Å². The second-order valence-corrected chi connectivity index (χ2v) is 20.7. The van der Waals surface area contributed by atoms with E-state index in [4.69, 9.17) is 0 Å². The number of allylic oxidation sites excluding steroid dienone is 8. The average molecular weight is 1030 g/mol. The zero-order chi connectivity index (χ0) is 54.8. The molecule has 4 amide bonds. The summed E-state index contributed by atoms with van der Waals surface area (Å²) < 4.78 is 0. The lowest BCUT2D eigenvalue weighted by Crippen LogP contribution is -2.67. The minimum Gasteiger partial charge on any atom is -0.394 e. The highest BCUT2D eigenvalue weighted by molar-refractivity contribution is 5.89. The number of aliphatic hydroxyl groups excluding tert-OH is 5. The second kappa shape index (κ2) is 43.8. The van der Waals surface area contributed by atoms with Gasteiger partial charge in [-0.1, -0.05) is 154 Å². The van der Waals surface area contributed by atoms with E-state index in [-0.39, 0.29) is 25.9 Å². The molecule has 0 radical (unpaired) electrons. The van der Waals surface area contributed by atoms with Crippen LogP contribution in [-0.4, -0.2) is 159 Å². The van der Waals surface area contributed by atoms with Crippen molar-refractivity contribution in [1.82, 2.24) is 25.3 Å². The molecule has 0 saturated heterocycles. The summed E-state index contributed by atoms with van der Waals surface area (Å²) in [5.41, 5.74) is -4.10. The van der Waals surface area contributed by atoms with Gasteiger partial charge >= 0.3 is 0 Å². The summed E-state index contributed by atoms with van der Waals surface area (Å²) in [6, 6.07) is -2.27. The number of amides is 4. The third-order valence-electron chi connectivity index (χ3n) is 13.5. The van der Waals surface area contributed by atoms with Crippen molar-refractivity contribution in [3.63, 3.8) is 0 Å². The highest BCUT2D eigenvalue weighted by Gasteiger charge is 2.47. The Balaban J connectivity index is 5.31. The molecule has 73 heavy (non-hydrogen) atoms. The number of nitrogens with one attached hydrogen (secondary N) is 2. The van der Waals surface area contributed by atoms with Crippen LogP contribution in [0.2, 0.25) is 0 Å². The molecular weight excluding hydrogens is 927 g/mol. The first-order valence-electron chi connectivity index (χ1n) is 28.4. The van der Waals surface area contributed by atoms with Gasteiger partial charge in [0.1, 0.15) is 17.6 Å². The van der Waals surface area contributed by atoms with Gasteiger partial charge in [-0.25, -0.2) is 0 Å². The van der Waals surface area contributed by atoms with Crippen LogP contribution in [0.4, 0.5) is 0 Å². The zero-order valence-corrected chi connectivity index (χ0v) is 46.9. The van der Waals surface area contributed by atoms with Crippen molar-refractivity contribution in [2.45, 2.75) is 219 Å². The molecule has 424 valence electrons. The summed E-state index contributed by atoms with van der Waals surface area (Å²) in [4.78, 5) is 59.3. The fraction of sp³-hybridized carbons (Fsp3) is 0.793. The number of carbonyl (C=O) groups is 4. The van der Waals surface area contributed by atoms with E-state index in [1.165, 1.54) is 43.4 Å². The van der Waals surface area contributed by atoms with Crippen molar-refractivity contribution in [3.05, 3.63) is 48.6 Å². The molecule has 15 nitrogen and oxygen atoms in total. The van der Waals surface area contributed by atoms with E-state index in [1.807, 2.05) is 4.90 Å². The molecule has 0 heterocycles. The van der Waals surface area contributed by atoms with Crippen LogP contribution in [0.15, 0.2) is 48.6 Å². The summed E-state index contributed by atoms with van der Waals surface area (Å²) >= 11 is 0. The molecule has 0 aromatic heterocycles. The van der Waals surface area contributed by atoms with Crippen LogP contribution >= 0.6 is 0 Å². The average Bonchev–Trinajstić information content (AvgIpc) is 3.37. The van der Waals surface area contributed by atoms with Gasteiger partial charge in [0.15, 0.2) is 5.72 Å². The maximum absolute atomic E-state index is 13.9. The maximum atomic E-state index is 13.9. The Labute approximate surface area is 443 Å². The first kappa shape index (κ1) is 69.6. The number of nitrogens with zero attached hydrogens (tertiary/aromatic N) is 3. The quantitative estimate of drug-likeness (QED) is 0.0166. The summed E-state index contributed by atoms with van der Waals surface area (Å²) in [6.45, 7) is 8.29. The van der Waals surface area contributed by atoms with Crippen LogP contribution in [0.1, 0.15) is 196 Å². The first-order valence-corrected chi connectivity index (χ1v) is 28.4. The van der Waals surface area contributed by atoms with Crippen LogP contribution in [-0.2, 0) is 19.2 Å². The monoisotopic (exact) mass is 1030 g/mol. The number of carbonyl (C=O) groups excluding carboxylic acids is 4. The smallest absolute Gasteiger partial charge is 0.243 e. The molecule has 0 fully saturated rings. The van der Waals surface area contributed by atoms with Gasteiger partial charge < -0.3 is 51.1 Å². The molecule has 8 N–H and O–H groups in total. The van der Waals surface area contributed by atoms with E-state index >= 15 is 0 Å². The van der Waals surface area contributed by atoms with Crippen LogP contribution in [0, 0.1) is 11.8 Å². The standard InChI is InChI=1S/C58H107N5O10/c1-8-10-12-14-16-18-20-22-24-26-28-30-32-34-36-38-51(69)62(57(44-64,45-65)46-66)53(49(3)4)55(71)59-40-42-61(7)43-41-60-56(72)54(50(5)6)63(58(73,47-67)48-68)52(70)39-37-35-33-31-29-27-25-23-21-19-17-15-13-11-9-2/h16-19,22-25,49-50,53-54,64-68,73H,8-15,20-21,26-48H2,1-7H3,(H,59,71)(H,60,72)/b18-16-,19-17-,24-22-,25-23-. The van der Waals surface area contributed by atoms with Gasteiger partial charge in [0.05, 0.1) is 33.0 Å². The second-order valence-electron chi connectivity index (χ2n) is 20.7. The van der Waals surface area contributed by atoms with Crippen LogP contribution < -0.4 is 10.6 Å². The summed E-state index contributed by atoms with van der Waals surface area (Å²) in [6.07, 6.45) is 40.3. The molecule has 0 rings (SSSR count). The lowest BCUT2D eigenvalue weighted by atomic mass is 9.91. The van der Waals surface area contributed by atoms with Gasteiger partial charge in [-0.2, -0.15) is 0 Å². The largest absolute Gasteiger partial charge is 0.394 e. The number of aliphatic hydroxyl groups is 6. The van der Waals surface area contributed by atoms with Crippen LogP contribution in [0.3, 0.4) is 0 Å². The summed E-state index contributed by atoms with van der Waals surface area (Å²) in [5.74, 6) is -2.91. The Kier molecular flexibility index (Phi) is 41.7. The van der Waals surface area contributed by atoms with Gasteiger partial charge in [0, 0.05) is 39.0 Å². The molecular formula is C58H107N5O10. The van der Waals surface area contributed by atoms with E-state index in [1.54, 1.807) is 34.7 Å². The Morgan fingerprint density at radius 2 is 0.795 bits per heavy atom. The van der Waals surface area contributed by atoms with Gasteiger partial charge in [0.2, 0.25) is 23.6 Å². The summed E-state index contributed by atoms with van der Waals surface area (Å²) in [7, 11) is 1.80. The summed E-state index contributed by atoms with van der Waals surface area (Å²) in [5, 5.41) is 68.7. The molecule has 0 aliphatic rings. The van der Waals surface area contributed by atoms with E-state index < -0.39 is 91.8 Å². The highest BCUT2D eigenvalue weighted by Crippen LogP contribution is 2.26. The fourth-order valence-electron chi connectivity index (χ4n) is 8.86. The van der Waals surface area contributed by atoms with Crippen LogP contribution in [0.5, 0.6) is 0 Å². The molecule has 0 bridgehead atoms. The number of likely N-dealkylation sites (N-methyl/N-ethyl adjacent to an activating group) is 1. The van der Waals surface area contributed by atoms with Gasteiger partial charge in [-0.15, -0.1) is 0 Å². The number of rotatable bonds is 47. The Morgan fingerprint density at radius 3 is 1.14 bits per heavy atom. The van der Waals surface area contributed by atoms with Crippen molar-refractivity contribution in [2.75, 3.05) is 66.3 Å². The lowest BCUT2D eigenvalue weighted by Gasteiger charge is -2.45. The van der Waals surface area contributed by atoms with Crippen LogP contribution in [0.25, 0.3) is 0 Å². The molecule has 0 aliphatic heterocycles. The topological polar surface area (TPSA) is 223 Å². The SMILES string of the molecule is CCCCC/C=C\C/C=C\CCCCCCCC(=O)N(C(C(=O)NCCN(C)CCNC(=O)C(C(C)C)N(C(=O)CCCCCCC/C=C\C/C=C\CCCCC)C(CO)(CO)CO)C(C)C)C(O)(CO)CO. The lowest BCUT2D eigenvalue weighted by molar-refractivity contribution is -0.197. The van der Waals surface area contributed by atoms with E-state index in [0.717, 1.165) is 94.8 Å². The van der Waals surface area contributed by atoms with E-state index in [2.05, 4.69) is 73.1 Å². The normalized spacial score (nSPS) is 13.4. The number of unbranched alkanes of at least 4 members (excludes halogenated alkanes) is 16. The molecule has 2 unspecified atom stereocenters. The molecule has 15 heteroatoms. The Bertz CT molecular complexity index is 1540. The number of hydrogen-bond acceptors (Lipinski definition) is 11. The molecule has 0 aliphatic carbocycles. The van der Waals surface area contributed by atoms with Gasteiger partial charge in [-0.05, 0) is 95.9 Å². The van der Waals surface area contributed by atoms with E-state index in [0.29, 0.717) is 25.9 Å². The zero-order valence-electron chi connectivity index (χ0n) is 46.9. The molecule has 0 spiro atoms. The Morgan fingerprint density at radius 1 is 0.466 bits per heavy atom. The predicted molar refractivity (Wildman–Crippen MR) is 296 cm³/mol. The minimum absolute atomic E-state index is 0.0405. The van der Waals surface area contributed by atoms with Crippen molar-refractivity contribution >= 4 is 23.6 Å². The fourth-order valence-corrected chi connectivity index (χ4v) is 8.86. The maximum Gasteiger partial charge on any atom is 0.243 e. The molecule has 0 saturated carbocycles. The highest BCUT2D eigenvalue weighted by atomic mass is 16.4. The molecule has 2 atom stereocenters.